The van der Waals surface area contributed by atoms with Crippen LogP contribution in [0, 0.1) is 6.92 Å². The van der Waals surface area contributed by atoms with Crippen molar-refractivity contribution in [2.24, 2.45) is 5.11 Å². The highest BCUT2D eigenvalue weighted by atomic mass is 15.1. The van der Waals surface area contributed by atoms with E-state index in [1.165, 1.54) is 5.56 Å². The van der Waals surface area contributed by atoms with E-state index in [0.29, 0.717) is 11.4 Å². The number of anilines is 1. The largest absolute Gasteiger partial charge is 0.398 e. The van der Waals surface area contributed by atoms with Crippen LogP contribution in [0.1, 0.15) is 24.5 Å². The van der Waals surface area contributed by atoms with Crippen LogP contribution in [0.3, 0.4) is 0 Å². The first kappa shape index (κ1) is 10.4. The number of rotatable bonds is 3. The summed E-state index contributed by atoms with van der Waals surface area (Å²) >= 11 is 0. The Labute approximate surface area is 83.4 Å². The molecule has 0 spiro atoms. The van der Waals surface area contributed by atoms with Crippen molar-refractivity contribution in [1.82, 2.24) is 0 Å². The van der Waals surface area contributed by atoms with E-state index in [-0.39, 0.29) is 0 Å². The van der Waals surface area contributed by atoms with E-state index in [0.717, 1.165) is 18.4 Å². The predicted octanol–water partition coefficient (Wildman–Crippen LogP) is 3.47. The SMILES string of the molecule is CCCc1cc(C)c(N)c(N=[N+]=[N-])c1. The van der Waals surface area contributed by atoms with E-state index in [4.69, 9.17) is 11.3 Å². The Bertz CT molecular complexity index is 378. The van der Waals surface area contributed by atoms with Crippen LogP contribution in [0.15, 0.2) is 17.2 Å². The van der Waals surface area contributed by atoms with Crippen LogP contribution in [-0.2, 0) is 6.42 Å². The molecule has 0 heterocycles. The lowest BCUT2D eigenvalue weighted by Crippen LogP contribution is -1.93. The molecule has 0 atom stereocenters. The molecule has 0 amide bonds. The van der Waals surface area contributed by atoms with E-state index < -0.39 is 0 Å². The van der Waals surface area contributed by atoms with Crippen LogP contribution in [0.2, 0.25) is 0 Å². The molecule has 2 N–H and O–H groups in total. The number of aryl methyl sites for hydroxylation is 2. The van der Waals surface area contributed by atoms with Gasteiger partial charge in [0.2, 0.25) is 0 Å². The third kappa shape index (κ3) is 2.18. The van der Waals surface area contributed by atoms with Crippen LogP contribution >= 0.6 is 0 Å². The summed E-state index contributed by atoms with van der Waals surface area (Å²) in [5, 5.41) is 3.57. The molecule has 0 fully saturated rings. The maximum atomic E-state index is 8.36. The molecule has 4 heteroatoms. The van der Waals surface area contributed by atoms with Gasteiger partial charge in [-0.3, -0.25) is 0 Å². The van der Waals surface area contributed by atoms with Crippen molar-refractivity contribution >= 4 is 11.4 Å². The van der Waals surface area contributed by atoms with Gasteiger partial charge in [0.1, 0.15) is 0 Å². The number of nitrogen functional groups attached to an aromatic ring is 1. The minimum atomic E-state index is 0.538. The van der Waals surface area contributed by atoms with Gasteiger partial charge in [-0.2, -0.15) is 0 Å². The predicted molar refractivity (Wildman–Crippen MR) is 58.4 cm³/mol. The van der Waals surface area contributed by atoms with Crippen molar-refractivity contribution < 1.29 is 0 Å². The highest BCUT2D eigenvalue weighted by Gasteiger charge is 2.02. The highest BCUT2D eigenvalue weighted by molar-refractivity contribution is 5.67. The number of hydrogen-bond donors (Lipinski definition) is 1. The fourth-order valence-corrected chi connectivity index (χ4v) is 1.42. The van der Waals surface area contributed by atoms with E-state index in [1.807, 2.05) is 19.1 Å². The average Bonchev–Trinajstić information content (AvgIpc) is 2.14. The van der Waals surface area contributed by atoms with Gasteiger partial charge in [-0.1, -0.05) is 24.5 Å². The van der Waals surface area contributed by atoms with Crippen molar-refractivity contribution in [2.45, 2.75) is 26.7 Å². The standard InChI is InChI=1S/C10H14N4/c1-3-4-8-5-7(2)10(11)9(6-8)13-14-12/h5-6H,3-4,11H2,1-2H3. The Hall–Kier alpha value is -1.67. The van der Waals surface area contributed by atoms with Crippen molar-refractivity contribution in [3.63, 3.8) is 0 Å². The smallest absolute Gasteiger partial charge is 0.0610 e. The van der Waals surface area contributed by atoms with Gasteiger partial charge in [-0.05, 0) is 36.1 Å². The first-order valence-electron chi connectivity index (χ1n) is 4.63. The summed E-state index contributed by atoms with van der Waals surface area (Å²) in [6, 6.07) is 3.89. The van der Waals surface area contributed by atoms with Crippen molar-refractivity contribution in [1.29, 1.82) is 0 Å². The first-order chi connectivity index (χ1) is 6.69. The van der Waals surface area contributed by atoms with Crippen molar-refractivity contribution in [2.75, 3.05) is 5.73 Å². The third-order valence-corrected chi connectivity index (χ3v) is 2.12. The number of nitrogens with two attached hydrogens (primary N) is 1. The fraction of sp³-hybridized carbons (Fsp3) is 0.400. The van der Waals surface area contributed by atoms with Crippen molar-refractivity contribution in [3.05, 3.63) is 33.7 Å². The molecule has 0 unspecified atom stereocenters. The lowest BCUT2D eigenvalue weighted by molar-refractivity contribution is 0.920. The molecule has 1 rings (SSSR count). The van der Waals surface area contributed by atoms with Gasteiger partial charge in [0, 0.05) is 10.6 Å². The summed E-state index contributed by atoms with van der Waals surface area (Å²) in [5.41, 5.74) is 17.4. The second-order valence-electron chi connectivity index (χ2n) is 3.28. The molecule has 0 bridgehead atoms. The molecule has 4 nitrogen and oxygen atoms in total. The zero-order valence-corrected chi connectivity index (χ0v) is 8.49. The molecule has 0 aromatic heterocycles. The summed E-state index contributed by atoms with van der Waals surface area (Å²) in [6.07, 6.45) is 2.05. The van der Waals surface area contributed by atoms with Gasteiger partial charge in [0.05, 0.1) is 5.69 Å². The van der Waals surface area contributed by atoms with E-state index in [1.54, 1.807) is 0 Å². The lowest BCUT2D eigenvalue weighted by atomic mass is 10.0. The molecular weight excluding hydrogens is 176 g/mol. The Balaban J connectivity index is 3.20. The second-order valence-corrected chi connectivity index (χ2v) is 3.28. The number of azide groups is 1. The number of nitrogens with zero attached hydrogens (tertiary/aromatic N) is 3. The van der Waals surface area contributed by atoms with Crippen LogP contribution in [0.5, 0.6) is 0 Å². The third-order valence-electron chi connectivity index (χ3n) is 2.12. The molecule has 1 aromatic rings. The minimum absolute atomic E-state index is 0.538. The normalized spacial score (nSPS) is 9.57. The monoisotopic (exact) mass is 190 g/mol. The quantitative estimate of drug-likeness (QED) is 0.337. The zero-order valence-electron chi connectivity index (χ0n) is 8.49. The van der Waals surface area contributed by atoms with Crippen LogP contribution in [0.4, 0.5) is 11.4 Å². The van der Waals surface area contributed by atoms with Crippen molar-refractivity contribution in [3.8, 4) is 0 Å². The van der Waals surface area contributed by atoms with E-state index >= 15 is 0 Å². The minimum Gasteiger partial charge on any atom is -0.398 e. The maximum Gasteiger partial charge on any atom is 0.0610 e. The Morgan fingerprint density at radius 3 is 2.79 bits per heavy atom. The van der Waals surface area contributed by atoms with Gasteiger partial charge < -0.3 is 5.73 Å². The summed E-state index contributed by atoms with van der Waals surface area (Å²) < 4.78 is 0. The number of benzene rings is 1. The topological polar surface area (TPSA) is 74.8 Å². The number of hydrogen-bond acceptors (Lipinski definition) is 2. The first-order valence-corrected chi connectivity index (χ1v) is 4.63. The molecule has 0 saturated heterocycles. The molecule has 0 aliphatic heterocycles. The summed E-state index contributed by atoms with van der Waals surface area (Å²) in [4.78, 5) is 2.75. The van der Waals surface area contributed by atoms with Crippen LogP contribution < -0.4 is 5.73 Å². The Morgan fingerprint density at radius 1 is 1.50 bits per heavy atom. The molecular formula is C10H14N4. The summed E-state index contributed by atoms with van der Waals surface area (Å²) in [7, 11) is 0. The van der Waals surface area contributed by atoms with Crippen LogP contribution in [-0.4, -0.2) is 0 Å². The van der Waals surface area contributed by atoms with Gasteiger partial charge >= 0.3 is 0 Å². The van der Waals surface area contributed by atoms with Gasteiger partial charge in [0.15, 0.2) is 0 Å². The zero-order chi connectivity index (χ0) is 10.6. The molecule has 0 saturated carbocycles. The molecule has 1 aromatic carbocycles. The van der Waals surface area contributed by atoms with E-state index in [9.17, 15) is 0 Å². The van der Waals surface area contributed by atoms with Gasteiger partial charge in [-0.25, -0.2) is 0 Å². The van der Waals surface area contributed by atoms with Crippen LogP contribution in [0.25, 0.3) is 10.4 Å². The fourth-order valence-electron chi connectivity index (χ4n) is 1.42. The average molecular weight is 190 g/mol. The molecule has 0 radical (unpaired) electrons. The lowest BCUT2D eigenvalue weighted by Gasteiger charge is -2.07. The van der Waals surface area contributed by atoms with E-state index in [2.05, 4.69) is 16.9 Å². The Kier molecular flexibility index (Phi) is 3.37. The van der Waals surface area contributed by atoms with Gasteiger partial charge in [-0.15, -0.1) is 0 Å². The Morgan fingerprint density at radius 2 is 2.21 bits per heavy atom. The second kappa shape index (κ2) is 4.53. The summed E-state index contributed by atoms with van der Waals surface area (Å²) in [6.45, 7) is 4.03. The molecule has 0 aliphatic rings. The molecule has 74 valence electrons. The molecule has 14 heavy (non-hydrogen) atoms. The highest BCUT2D eigenvalue weighted by Crippen LogP contribution is 2.27. The summed E-state index contributed by atoms with van der Waals surface area (Å²) in [5.74, 6) is 0. The maximum absolute atomic E-state index is 8.36. The molecule has 0 aliphatic carbocycles. The van der Waals surface area contributed by atoms with Gasteiger partial charge in [0.25, 0.3) is 0 Å².